The van der Waals surface area contributed by atoms with E-state index in [1.165, 1.54) is 57.8 Å². The molecule has 0 atom stereocenters. The molecule has 0 heterocycles. The number of hydrogen-bond acceptors (Lipinski definition) is 3. The predicted molar refractivity (Wildman–Crippen MR) is 153 cm³/mol. The van der Waals surface area contributed by atoms with Crippen molar-refractivity contribution in [3.8, 4) is 16.9 Å². The number of halogens is 1. The molecular formula is C32H39BrO3. The first-order valence-corrected chi connectivity index (χ1v) is 14.5. The molecule has 3 aromatic rings. The molecule has 192 valence electrons. The van der Waals surface area contributed by atoms with Crippen LogP contribution >= 0.6 is 15.9 Å². The van der Waals surface area contributed by atoms with Crippen LogP contribution in [0, 0.1) is 0 Å². The Hall–Kier alpha value is -2.59. The third-order valence-corrected chi connectivity index (χ3v) is 6.88. The Kier molecular flexibility index (Phi) is 13.2. The zero-order valence-corrected chi connectivity index (χ0v) is 22.9. The van der Waals surface area contributed by atoms with Gasteiger partial charge in [0, 0.05) is 5.33 Å². The standard InChI is InChI=1S/C32H39BrO3/c33-24-12-7-5-3-1-2-4-6-8-13-25-35-31-22-20-29(21-23-31)28-16-18-30(19-17-28)32(34)36-26-27-14-10-9-11-15-27/h9-11,14-23H,1-8,12-13,24-26H2. The zero-order chi connectivity index (χ0) is 25.3. The van der Waals surface area contributed by atoms with Gasteiger partial charge in [-0.25, -0.2) is 4.79 Å². The molecule has 0 aliphatic rings. The molecule has 0 spiro atoms. The third-order valence-electron chi connectivity index (χ3n) is 6.32. The lowest BCUT2D eigenvalue weighted by Gasteiger charge is -2.09. The number of rotatable bonds is 17. The van der Waals surface area contributed by atoms with Crippen molar-refractivity contribution in [1.82, 2.24) is 0 Å². The van der Waals surface area contributed by atoms with E-state index in [0.29, 0.717) is 5.56 Å². The van der Waals surface area contributed by atoms with Gasteiger partial charge in [-0.1, -0.05) is 122 Å². The van der Waals surface area contributed by atoms with E-state index >= 15 is 0 Å². The molecule has 0 aromatic heterocycles. The second kappa shape index (κ2) is 17.0. The Morgan fingerprint density at radius 1 is 0.611 bits per heavy atom. The van der Waals surface area contributed by atoms with Crippen molar-refractivity contribution >= 4 is 21.9 Å². The highest BCUT2D eigenvalue weighted by Gasteiger charge is 2.08. The summed E-state index contributed by atoms with van der Waals surface area (Å²) in [6.07, 6.45) is 13.2. The van der Waals surface area contributed by atoms with Gasteiger partial charge in [0.2, 0.25) is 0 Å². The summed E-state index contributed by atoms with van der Waals surface area (Å²) in [5, 5.41) is 1.14. The Morgan fingerprint density at radius 2 is 1.14 bits per heavy atom. The SMILES string of the molecule is O=C(OCc1ccccc1)c1ccc(-c2ccc(OCCCCCCCCCCCCBr)cc2)cc1. The van der Waals surface area contributed by atoms with Gasteiger partial charge in [-0.2, -0.15) is 0 Å². The second-order valence-corrected chi connectivity index (χ2v) is 10.0. The first-order valence-electron chi connectivity index (χ1n) is 13.4. The van der Waals surface area contributed by atoms with E-state index in [9.17, 15) is 4.79 Å². The molecule has 0 bridgehead atoms. The average Bonchev–Trinajstić information content (AvgIpc) is 2.93. The Morgan fingerprint density at radius 3 is 1.72 bits per heavy atom. The number of ether oxygens (including phenoxy) is 2. The van der Waals surface area contributed by atoms with Gasteiger partial charge in [0.1, 0.15) is 12.4 Å². The van der Waals surface area contributed by atoms with Crippen LogP contribution in [0.15, 0.2) is 78.9 Å². The van der Waals surface area contributed by atoms with Gasteiger partial charge in [0.25, 0.3) is 0 Å². The highest BCUT2D eigenvalue weighted by atomic mass is 79.9. The molecule has 0 amide bonds. The third kappa shape index (κ3) is 10.6. The van der Waals surface area contributed by atoms with Crippen LogP contribution in [0.5, 0.6) is 5.75 Å². The maximum Gasteiger partial charge on any atom is 0.338 e. The van der Waals surface area contributed by atoms with E-state index in [0.717, 1.165) is 40.8 Å². The highest BCUT2D eigenvalue weighted by molar-refractivity contribution is 9.09. The fourth-order valence-electron chi connectivity index (χ4n) is 4.15. The molecule has 36 heavy (non-hydrogen) atoms. The molecule has 3 rings (SSSR count). The summed E-state index contributed by atoms with van der Waals surface area (Å²) in [4.78, 5) is 12.3. The maximum absolute atomic E-state index is 12.3. The largest absolute Gasteiger partial charge is 0.494 e. The lowest BCUT2D eigenvalue weighted by atomic mass is 10.0. The molecular weight excluding hydrogens is 512 g/mol. The molecule has 0 unspecified atom stereocenters. The molecule has 0 aliphatic heterocycles. The number of benzene rings is 3. The van der Waals surface area contributed by atoms with Crippen molar-refractivity contribution in [3.63, 3.8) is 0 Å². The Bertz CT molecular complexity index is 984. The van der Waals surface area contributed by atoms with Crippen LogP contribution in [0.3, 0.4) is 0 Å². The number of carbonyl (C=O) groups is 1. The Labute approximate surface area is 225 Å². The molecule has 3 nitrogen and oxygen atoms in total. The number of hydrogen-bond donors (Lipinski definition) is 0. The van der Waals surface area contributed by atoms with Crippen molar-refractivity contribution in [1.29, 1.82) is 0 Å². The van der Waals surface area contributed by atoms with Crippen LogP contribution in [0.25, 0.3) is 11.1 Å². The normalized spacial score (nSPS) is 10.8. The summed E-state index contributed by atoms with van der Waals surface area (Å²) >= 11 is 3.49. The van der Waals surface area contributed by atoms with Gasteiger partial charge >= 0.3 is 5.97 Å². The van der Waals surface area contributed by atoms with E-state index in [-0.39, 0.29) is 12.6 Å². The molecule has 0 saturated carbocycles. The van der Waals surface area contributed by atoms with Crippen LogP contribution < -0.4 is 4.74 Å². The summed E-state index contributed by atoms with van der Waals surface area (Å²) in [6, 6.07) is 25.4. The number of carbonyl (C=O) groups excluding carboxylic acids is 1. The first kappa shape index (κ1) is 28.0. The monoisotopic (exact) mass is 550 g/mol. The maximum atomic E-state index is 12.3. The van der Waals surface area contributed by atoms with Crippen LogP contribution in [0.4, 0.5) is 0 Å². The van der Waals surface area contributed by atoms with Crippen molar-refractivity contribution in [2.24, 2.45) is 0 Å². The van der Waals surface area contributed by atoms with Crippen LogP contribution in [-0.4, -0.2) is 17.9 Å². The van der Waals surface area contributed by atoms with Gasteiger partial charge in [-0.05, 0) is 53.8 Å². The topological polar surface area (TPSA) is 35.5 Å². The summed E-state index contributed by atoms with van der Waals surface area (Å²) in [7, 11) is 0. The van der Waals surface area contributed by atoms with Gasteiger partial charge in [0.05, 0.1) is 12.2 Å². The fourth-order valence-corrected chi connectivity index (χ4v) is 4.55. The van der Waals surface area contributed by atoms with Crippen molar-refractivity contribution in [2.45, 2.75) is 70.8 Å². The fraction of sp³-hybridized carbons (Fsp3) is 0.406. The van der Waals surface area contributed by atoms with Crippen molar-refractivity contribution < 1.29 is 14.3 Å². The van der Waals surface area contributed by atoms with Crippen LogP contribution in [0.2, 0.25) is 0 Å². The molecule has 3 aromatic carbocycles. The van der Waals surface area contributed by atoms with Gasteiger partial charge < -0.3 is 9.47 Å². The number of unbranched alkanes of at least 4 members (excludes halogenated alkanes) is 9. The van der Waals surface area contributed by atoms with E-state index in [1.807, 2.05) is 66.7 Å². The Balaban J connectivity index is 1.30. The quantitative estimate of drug-likeness (QED) is 0.0953. The van der Waals surface area contributed by atoms with Crippen LogP contribution in [0.1, 0.15) is 80.1 Å². The summed E-state index contributed by atoms with van der Waals surface area (Å²) in [6.45, 7) is 1.05. The smallest absolute Gasteiger partial charge is 0.338 e. The van der Waals surface area contributed by atoms with E-state index in [1.54, 1.807) is 0 Å². The minimum absolute atomic E-state index is 0.279. The zero-order valence-electron chi connectivity index (χ0n) is 21.3. The molecule has 0 fully saturated rings. The summed E-state index contributed by atoms with van der Waals surface area (Å²) < 4.78 is 11.3. The van der Waals surface area contributed by atoms with Gasteiger partial charge in [-0.15, -0.1) is 0 Å². The van der Waals surface area contributed by atoms with E-state index in [4.69, 9.17) is 9.47 Å². The van der Waals surface area contributed by atoms with E-state index in [2.05, 4.69) is 28.1 Å². The predicted octanol–water partition coefficient (Wildman–Crippen LogP) is 9.39. The summed E-state index contributed by atoms with van der Waals surface area (Å²) in [5.41, 5.74) is 3.69. The minimum Gasteiger partial charge on any atom is -0.494 e. The molecule has 0 radical (unpaired) electrons. The highest BCUT2D eigenvalue weighted by Crippen LogP contribution is 2.23. The average molecular weight is 552 g/mol. The molecule has 0 aliphatic carbocycles. The minimum atomic E-state index is -0.310. The molecule has 0 saturated heterocycles. The second-order valence-electron chi connectivity index (χ2n) is 9.24. The molecule has 4 heteroatoms. The summed E-state index contributed by atoms with van der Waals surface area (Å²) in [5.74, 6) is 0.596. The lowest BCUT2D eigenvalue weighted by Crippen LogP contribution is -2.05. The van der Waals surface area contributed by atoms with Crippen LogP contribution in [-0.2, 0) is 11.3 Å². The molecule has 0 N–H and O–H groups in total. The number of esters is 1. The van der Waals surface area contributed by atoms with E-state index < -0.39 is 0 Å². The van der Waals surface area contributed by atoms with Gasteiger partial charge in [0.15, 0.2) is 0 Å². The lowest BCUT2D eigenvalue weighted by molar-refractivity contribution is 0.0472. The van der Waals surface area contributed by atoms with Crippen molar-refractivity contribution in [3.05, 3.63) is 90.0 Å². The van der Waals surface area contributed by atoms with Gasteiger partial charge in [-0.3, -0.25) is 0 Å². The first-order chi connectivity index (χ1) is 17.8. The number of alkyl halides is 1. The van der Waals surface area contributed by atoms with Crippen molar-refractivity contribution in [2.75, 3.05) is 11.9 Å².